The van der Waals surface area contributed by atoms with Crippen LogP contribution in [-0.2, 0) is 6.54 Å². The van der Waals surface area contributed by atoms with Gasteiger partial charge in [-0.15, -0.1) is 22.7 Å². The smallest absolute Gasteiger partial charge is 0.0931 e. The lowest BCUT2D eigenvalue weighted by Crippen LogP contribution is -2.18. The van der Waals surface area contributed by atoms with Crippen molar-refractivity contribution in [1.29, 1.82) is 0 Å². The molecule has 1 atom stereocenters. The standard InChI is InChI=1S/C12H14ClNS2/c1-2-10(11-4-3-7-15-11)14-8-9-5-6-12(13)16-9/h3-7,10,14H,2,8H2,1H3. The first-order valence-electron chi connectivity index (χ1n) is 5.30. The highest BCUT2D eigenvalue weighted by Crippen LogP contribution is 2.24. The third kappa shape index (κ3) is 3.08. The lowest BCUT2D eigenvalue weighted by Gasteiger charge is -2.14. The molecular weight excluding hydrogens is 258 g/mol. The summed E-state index contributed by atoms with van der Waals surface area (Å²) in [5, 5.41) is 5.69. The topological polar surface area (TPSA) is 12.0 Å². The van der Waals surface area contributed by atoms with Gasteiger partial charge in [-0.05, 0) is 30.0 Å². The third-order valence-corrected chi connectivity index (χ3v) is 4.66. The highest BCUT2D eigenvalue weighted by Gasteiger charge is 2.09. The maximum atomic E-state index is 5.90. The van der Waals surface area contributed by atoms with Crippen molar-refractivity contribution in [3.63, 3.8) is 0 Å². The molecular formula is C12H14ClNS2. The molecule has 0 radical (unpaired) electrons. The molecule has 4 heteroatoms. The van der Waals surface area contributed by atoms with Crippen LogP contribution < -0.4 is 5.32 Å². The molecule has 0 saturated heterocycles. The van der Waals surface area contributed by atoms with E-state index in [1.165, 1.54) is 9.75 Å². The molecule has 0 aliphatic carbocycles. The van der Waals surface area contributed by atoms with E-state index in [0.29, 0.717) is 6.04 Å². The molecule has 0 fully saturated rings. The van der Waals surface area contributed by atoms with Crippen molar-refractivity contribution >= 4 is 34.3 Å². The summed E-state index contributed by atoms with van der Waals surface area (Å²) in [5.41, 5.74) is 0. The molecule has 0 spiro atoms. The van der Waals surface area contributed by atoms with Gasteiger partial charge in [0.25, 0.3) is 0 Å². The maximum absolute atomic E-state index is 5.90. The van der Waals surface area contributed by atoms with Crippen LogP contribution in [0.3, 0.4) is 0 Å². The zero-order valence-corrected chi connectivity index (χ0v) is 11.5. The Morgan fingerprint density at radius 2 is 2.25 bits per heavy atom. The fourth-order valence-corrected chi connectivity index (χ4v) is 3.53. The molecule has 1 N–H and O–H groups in total. The van der Waals surface area contributed by atoms with Gasteiger partial charge in [-0.25, -0.2) is 0 Å². The number of rotatable bonds is 5. The van der Waals surface area contributed by atoms with E-state index in [2.05, 4.69) is 35.8 Å². The van der Waals surface area contributed by atoms with Gasteiger partial charge in [0.05, 0.1) is 4.34 Å². The minimum atomic E-state index is 0.459. The molecule has 86 valence electrons. The largest absolute Gasteiger partial charge is 0.304 e. The van der Waals surface area contributed by atoms with Gasteiger partial charge in [-0.3, -0.25) is 0 Å². The maximum Gasteiger partial charge on any atom is 0.0931 e. The Kier molecular flexibility index (Phi) is 4.41. The molecule has 2 aromatic rings. The second-order valence-electron chi connectivity index (χ2n) is 3.56. The van der Waals surface area contributed by atoms with E-state index in [4.69, 9.17) is 11.6 Å². The molecule has 0 amide bonds. The summed E-state index contributed by atoms with van der Waals surface area (Å²) in [7, 11) is 0. The molecule has 2 heterocycles. The highest BCUT2D eigenvalue weighted by atomic mass is 35.5. The summed E-state index contributed by atoms with van der Waals surface area (Å²) >= 11 is 9.36. The van der Waals surface area contributed by atoms with E-state index in [1.807, 2.05) is 17.4 Å². The average Bonchev–Trinajstić information content (AvgIpc) is 2.91. The average molecular weight is 272 g/mol. The van der Waals surface area contributed by atoms with Crippen LogP contribution in [0.1, 0.15) is 29.1 Å². The Bertz CT molecular complexity index is 422. The molecule has 2 rings (SSSR count). The predicted molar refractivity (Wildman–Crippen MR) is 73.5 cm³/mol. The quantitative estimate of drug-likeness (QED) is 0.831. The number of halogens is 1. The van der Waals surface area contributed by atoms with Crippen molar-refractivity contribution in [2.75, 3.05) is 0 Å². The minimum Gasteiger partial charge on any atom is -0.304 e. The first-order chi connectivity index (χ1) is 7.79. The minimum absolute atomic E-state index is 0.459. The molecule has 2 aromatic heterocycles. The van der Waals surface area contributed by atoms with Gasteiger partial charge >= 0.3 is 0 Å². The zero-order valence-electron chi connectivity index (χ0n) is 9.07. The molecule has 0 aliphatic heterocycles. The van der Waals surface area contributed by atoms with E-state index >= 15 is 0 Å². The van der Waals surface area contributed by atoms with Crippen molar-refractivity contribution in [2.45, 2.75) is 25.9 Å². The van der Waals surface area contributed by atoms with E-state index in [-0.39, 0.29) is 0 Å². The normalized spacial score (nSPS) is 12.9. The Labute approximate surface area is 109 Å². The van der Waals surface area contributed by atoms with Gasteiger partial charge in [0.1, 0.15) is 0 Å². The molecule has 0 aliphatic rings. The van der Waals surface area contributed by atoms with Crippen molar-refractivity contribution in [2.24, 2.45) is 0 Å². The number of thiophene rings is 2. The fourth-order valence-electron chi connectivity index (χ4n) is 1.61. The van der Waals surface area contributed by atoms with Gasteiger partial charge in [-0.1, -0.05) is 24.6 Å². The molecule has 1 unspecified atom stereocenters. The summed E-state index contributed by atoms with van der Waals surface area (Å²) in [6.45, 7) is 3.10. The third-order valence-electron chi connectivity index (χ3n) is 2.45. The van der Waals surface area contributed by atoms with Crippen LogP contribution >= 0.6 is 34.3 Å². The SMILES string of the molecule is CCC(NCc1ccc(Cl)s1)c1cccs1. The Morgan fingerprint density at radius 1 is 1.38 bits per heavy atom. The van der Waals surface area contributed by atoms with Crippen molar-refractivity contribution in [3.05, 3.63) is 43.7 Å². The summed E-state index contributed by atoms with van der Waals surface area (Å²) in [5.74, 6) is 0. The van der Waals surface area contributed by atoms with E-state index in [1.54, 1.807) is 11.3 Å². The fraction of sp³-hybridized carbons (Fsp3) is 0.333. The van der Waals surface area contributed by atoms with Crippen LogP contribution in [0.4, 0.5) is 0 Å². The van der Waals surface area contributed by atoms with Crippen LogP contribution in [0.5, 0.6) is 0 Å². The van der Waals surface area contributed by atoms with Gasteiger partial charge in [0.2, 0.25) is 0 Å². The summed E-state index contributed by atoms with van der Waals surface area (Å²) in [6.07, 6.45) is 1.11. The van der Waals surface area contributed by atoms with Gasteiger partial charge in [0.15, 0.2) is 0 Å². The number of hydrogen-bond acceptors (Lipinski definition) is 3. The Hall–Kier alpha value is -0.350. The van der Waals surface area contributed by atoms with Crippen LogP contribution in [0, 0.1) is 0 Å². The Morgan fingerprint density at radius 3 is 2.81 bits per heavy atom. The summed E-state index contributed by atoms with van der Waals surface area (Å²) in [4.78, 5) is 2.70. The van der Waals surface area contributed by atoms with Crippen LogP contribution in [0.15, 0.2) is 29.6 Å². The van der Waals surface area contributed by atoms with Crippen molar-refractivity contribution in [1.82, 2.24) is 5.32 Å². The van der Waals surface area contributed by atoms with Crippen LogP contribution in [0.2, 0.25) is 4.34 Å². The van der Waals surface area contributed by atoms with Crippen LogP contribution in [0.25, 0.3) is 0 Å². The second kappa shape index (κ2) is 5.82. The van der Waals surface area contributed by atoms with Crippen molar-refractivity contribution < 1.29 is 0 Å². The first-order valence-corrected chi connectivity index (χ1v) is 7.38. The highest BCUT2D eigenvalue weighted by molar-refractivity contribution is 7.16. The number of hydrogen-bond donors (Lipinski definition) is 1. The first kappa shape index (κ1) is 12.1. The Balaban J connectivity index is 1.93. The molecule has 0 bridgehead atoms. The molecule has 0 saturated carbocycles. The second-order valence-corrected chi connectivity index (χ2v) is 6.34. The zero-order chi connectivity index (χ0) is 11.4. The van der Waals surface area contributed by atoms with Gasteiger partial charge in [-0.2, -0.15) is 0 Å². The van der Waals surface area contributed by atoms with E-state index in [9.17, 15) is 0 Å². The van der Waals surface area contributed by atoms with E-state index < -0.39 is 0 Å². The lowest BCUT2D eigenvalue weighted by molar-refractivity contribution is 0.529. The van der Waals surface area contributed by atoms with Crippen LogP contribution in [-0.4, -0.2) is 0 Å². The summed E-state index contributed by atoms with van der Waals surface area (Å²) in [6, 6.07) is 8.79. The van der Waals surface area contributed by atoms with E-state index in [0.717, 1.165) is 17.3 Å². The monoisotopic (exact) mass is 271 g/mol. The summed E-state index contributed by atoms with van der Waals surface area (Å²) < 4.78 is 0.862. The predicted octanol–water partition coefficient (Wildman–Crippen LogP) is 4.70. The molecule has 16 heavy (non-hydrogen) atoms. The van der Waals surface area contributed by atoms with Crippen molar-refractivity contribution in [3.8, 4) is 0 Å². The van der Waals surface area contributed by atoms with Gasteiger partial charge in [0, 0.05) is 22.3 Å². The van der Waals surface area contributed by atoms with Gasteiger partial charge < -0.3 is 5.32 Å². The number of nitrogens with one attached hydrogen (secondary N) is 1. The molecule has 1 nitrogen and oxygen atoms in total. The lowest BCUT2D eigenvalue weighted by atomic mass is 10.2. The molecule has 0 aromatic carbocycles.